The third kappa shape index (κ3) is 5.46. The van der Waals surface area contributed by atoms with E-state index in [9.17, 15) is 18.0 Å². The third-order valence-electron chi connectivity index (χ3n) is 2.68. The van der Waals surface area contributed by atoms with Crippen molar-refractivity contribution in [3.05, 3.63) is 58.6 Å². The van der Waals surface area contributed by atoms with E-state index in [1.54, 1.807) is 0 Å². The van der Waals surface area contributed by atoms with Crippen LogP contribution in [0.25, 0.3) is 0 Å². The molecule has 2 aromatic carbocycles. The molecule has 124 valence electrons. The maximum Gasteiger partial charge on any atom is 0.416 e. The SMILES string of the molecule is CN.O=C(Nc1ccc(C(F)(F)F)cc1)c1ccc(Cl)c(S)c1. The van der Waals surface area contributed by atoms with Crippen LogP contribution in [-0.2, 0) is 6.18 Å². The number of anilines is 1. The summed E-state index contributed by atoms with van der Waals surface area (Å²) in [5, 5.41) is 2.91. The van der Waals surface area contributed by atoms with E-state index >= 15 is 0 Å². The summed E-state index contributed by atoms with van der Waals surface area (Å²) in [6.07, 6.45) is -4.40. The van der Waals surface area contributed by atoms with E-state index in [-0.39, 0.29) is 5.69 Å². The van der Waals surface area contributed by atoms with Gasteiger partial charge in [-0.05, 0) is 49.5 Å². The zero-order chi connectivity index (χ0) is 17.6. The van der Waals surface area contributed by atoms with Crippen molar-refractivity contribution in [2.24, 2.45) is 5.73 Å². The van der Waals surface area contributed by atoms with Gasteiger partial charge >= 0.3 is 6.18 Å². The first-order valence-corrected chi connectivity index (χ1v) is 7.15. The van der Waals surface area contributed by atoms with Gasteiger partial charge in [0.15, 0.2) is 0 Å². The first-order chi connectivity index (χ1) is 10.8. The van der Waals surface area contributed by atoms with E-state index in [1.165, 1.54) is 37.4 Å². The van der Waals surface area contributed by atoms with Crippen LogP contribution in [-0.4, -0.2) is 13.0 Å². The molecule has 2 aromatic rings. The molecule has 0 spiro atoms. The van der Waals surface area contributed by atoms with Crippen molar-refractivity contribution in [1.82, 2.24) is 0 Å². The van der Waals surface area contributed by atoms with Crippen molar-refractivity contribution in [2.75, 3.05) is 12.4 Å². The van der Waals surface area contributed by atoms with Gasteiger partial charge in [-0.2, -0.15) is 13.2 Å². The molecule has 0 bridgehead atoms. The van der Waals surface area contributed by atoms with Crippen LogP contribution < -0.4 is 11.1 Å². The molecular formula is C15H14ClF3N2OS. The van der Waals surface area contributed by atoms with Gasteiger partial charge in [-0.3, -0.25) is 4.79 Å². The molecule has 0 fully saturated rings. The molecule has 3 N–H and O–H groups in total. The minimum Gasteiger partial charge on any atom is -0.333 e. The van der Waals surface area contributed by atoms with Crippen LogP contribution >= 0.6 is 24.2 Å². The molecule has 0 unspecified atom stereocenters. The smallest absolute Gasteiger partial charge is 0.333 e. The van der Waals surface area contributed by atoms with Crippen molar-refractivity contribution in [1.29, 1.82) is 0 Å². The van der Waals surface area contributed by atoms with E-state index in [2.05, 4.69) is 23.7 Å². The summed E-state index contributed by atoms with van der Waals surface area (Å²) in [5.41, 5.74) is 4.30. The fourth-order valence-electron chi connectivity index (χ4n) is 1.60. The van der Waals surface area contributed by atoms with Gasteiger partial charge in [-0.1, -0.05) is 11.6 Å². The van der Waals surface area contributed by atoms with Crippen molar-refractivity contribution < 1.29 is 18.0 Å². The summed E-state index contributed by atoms with van der Waals surface area (Å²) in [4.78, 5) is 12.4. The van der Waals surface area contributed by atoms with Gasteiger partial charge < -0.3 is 11.1 Å². The average Bonchev–Trinajstić information content (AvgIpc) is 2.51. The fourth-order valence-corrected chi connectivity index (χ4v) is 1.93. The van der Waals surface area contributed by atoms with Crippen LogP contribution in [0.1, 0.15) is 15.9 Å². The number of benzene rings is 2. The lowest BCUT2D eigenvalue weighted by molar-refractivity contribution is -0.137. The predicted octanol–water partition coefficient (Wildman–Crippen LogP) is 4.47. The Hall–Kier alpha value is -1.70. The Morgan fingerprint density at radius 1 is 1.13 bits per heavy atom. The average molecular weight is 363 g/mol. The Morgan fingerprint density at radius 3 is 2.17 bits per heavy atom. The van der Waals surface area contributed by atoms with E-state index in [0.717, 1.165) is 12.1 Å². The number of carbonyl (C=O) groups excluding carboxylic acids is 1. The second kappa shape index (κ2) is 8.24. The quantitative estimate of drug-likeness (QED) is 0.690. The van der Waals surface area contributed by atoms with Gasteiger partial charge in [0, 0.05) is 16.1 Å². The summed E-state index contributed by atoms with van der Waals surface area (Å²) < 4.78 is 37.3. The molecule has 8 heteroatoms. The van der Waals surface area contributed by atoms with Gasteiger partial charge in [0.1, 0.15) is 0 Å². The number of carbonyl (C=O) groups is 1. The standard InChI is InChI=1S/C14H9ClF3NOS.CH5N/c15-11-6-1-8(7-12(11)21)13(20)19-10-4-2-9(3-5-10)14(16,17)18;1-2/h1-7,21H,(H,19,20);2H2,1H3. The van der Waals surface area contributed by atoms with Crippen LogP contribution in [0.15, 0.2) is 47.4 Å². The van der Waals surface area contributed by atoms with Crippen LogP contribution in [0.4, 0.5) is 18.9 Å². The van der Waals surface area contributed by atoms with Crippen molar-refractivity contribution >= 4 is 35.8 Å². The lowest BCUT2D eigenvalue weighted by Gasteiger charge is -2.09. The predicted molar refractivity (Wildman–Crippen MR) is 88.2 cm³/mol. The maximum atomic E-state index is 12.4. The van der Waals surface area contributed by atoms with Crippen LogP contribution in [0, 0.1) is 0 Å². The highest BCUT2D eigenvalue weighted by Gasteiger charge is 2.29. The number of alkyl halides is 3. The fraction of sp³-hybridized carbons (Fsp3) is 0.133. The number of halogens is 4. The number of rotatable bonds is 2. The second-order valence-electron chi connectivity index (χ2n) is 4.20. The lowest BCUT2D eigenvalue weighted by atomic mass is 10.1. The van der Waals surface area contributed by atoms with E-state index in [0.29, 0.717) is 15.5 Å². The molecule has 0 aliphatic carbocycles. The Morgan fingerprint density at radius 2 is 1.70 bits per heavy atom. The molecule has 2 rings (SSSR count). The van der Waals surface area contributed by atoms with Crippen LogP contribution in [0.5, 0.6) is 0 Å². The molecule has 0 saturated heterocycles. The van der Waals surface area contributed by atoms with Crippen molar-refractivity contribution in [3.8, 4) is 0 Å². The number of thiol groups is 1. The Balaban J connectivity index is 0.00000127. The lowest BCUT2D eigenvalue weighted by Crippen LogP contribution is -2.12. The number of hydrogen-bond acceptors (Lipinski definition) is 3. The first kappa shape index (κ1) is 19.3. The van der Waals surface area contributed by atoms with E-state index < -0.39 is 17.6 Å². The molecule has 0 aromatic heterocycles. The van der Waals surface area contributed by atoms with Gasteiger partial charge in [0.2, 0.25) is 0 Å². The summed E-state index contributed by atoms with van der Waals surface area (Å²) in [6.45, 7) is 0. The highest BCUT2D eigenvalue weighted by atomic mass is 35.5. The minimum absolute atomic E-state index is 0.267. The van der Waals surface area contributed by atoms with Gasteiger partial charge in [0.25, 0.3) is 5.91 Å². The van der Waals surface area contributed by atoms with Gasteiger partial charge in [-0.15, -0.1) is 12.6 Å². The van der Waals surface area contributed by atoms with Gasteiger partial charge in [0.05, 0.1) is 10.6 Å². The van der Waals surface area contributed by atoms with E-state index in [1.807, 2.05) is 0 Å². The van der Waals surface area contributed by atoms with E-state index in [4.69, 9.17) is 11.6 Å². The molecule has 0 heterocycles. The maximum absolute atomic E-state index is 12.4. The highest BCUT2D eigenvalue weighted by Crippen LogP contribution is 2.30. The third-order valence-corrected chi connectivity index (χ3v) is 3.51. The Bertz CT molecular complexity index is 675. The summed E-state index contributed by atoms with van der Waals surface area (Å²) >= 11 is 9.89. The monoisotopic (exact) mass is 362 g/mol. The normalized spacial score (nSPS) is 10.6. The minimum atomic E-state index is -4.40. The van der Waals surface area contributed by atoms with Crippen LogP contribution in [0.2, 0.25) is 5.02 Å². The number of amides is 1. The molecule has 23 heavy (non-hydrogen) atoms. The number of hydrogen-bond donors (Lipinski definition) is 3. The number of nitrogens with two attached hydrogens (primary N) is 1. The zero-order valence-corrected chi connectivity index (χ0v) is 13.6. The molecule has 3 nitrogen and oxygen atoms in total. The summed E-state index contributed by atoms with van der Waals surface area (Å²) in [7, 11) is 1.50. The molecule has 0 saturated carbocycles. The van der Waals surface area contributed by atoms with Crippen LogP contribution in [0.3, 0.4) is 0 Å². The second-order valence-corrected chi connectivity index (χ2v) is 5.08. The van der Waals surface area contributed by atoms with Gasteiger partial charge in [-0.25, -0.2) is 0 Å². The largest absolute Gasteiger partial charge is 0.416 e. The van der Waals surface area contributed by atoms with Crippen molar-refractivity contribution in [3.63, 3.8) is 0 Å². The molecule has 0 radical (unpaired) electrons. The Kier molecular flexibility index (Phi) is 6.93. The zero-order valence-electron chi connectivity index (χ0n) is 12.0. The first-order valence-electron chi connectivity index (χ1n) is 6.32. The molecular weight excluding hydrogens is 349 g/mol. The molecule has 0 aliphatic heterocycles. The molecule has 0 atom stereocenters. The summed E-state index contributed by atoms with van der Waals surface area (Å²) in [5.74, 6) is -0.457. The molecule has 1 amide bonds. The topological polar surface area (TPSA) is 55.1 Å². The number of nitrogens with one attached hydrogen (secondary N) is 1. The summed E-state index contributed by atoms with van der Waals surface area (Å²) in [6, 6.07) is 8.69. The molecule has 0 aliphatic rings. The highest BCUT2D eigenvalue weighted by molar-refractivity contribution is 7.80. The Labute approximate surface area is 142 Å². The van der Waals surface area contributed by atoms with Crippen molar-refractivity contribution in [2.45, 2.75) is 11.1 Å².